The van der Waals surface area contributed by atoms with E-state index in [-0.39, 0.29) is 10.8 Å². The maximum Gasteiger partial charge on any atom is 0.308 e. The van der Waals surface area contributed by atoms with Gasteiger partial charge in [0.1, 0.15) is 5.75 Å². The fourth-order valence-electron chi connectivity index (χ4n) is 3.15. The van der Waals surface area contributed by atoms with Crippen molar-refractivity contribution in [2.24, 2.45) is 0 Å². The van der Waals surface area contributed by atoms with E-state index in [1.165, 1.54) is 11.3 Å². The van der Waals surface area contributed by atoms with Crippen LogP contribution in [0, 0.1) is 13.8 Å². The van der Waals surface area contributed by atoms with Crippen molar-refractivity contribution in [1.29, 1.82) is 0 Å². The first-order valence-corrected chi connectivity index (χ1v) is 9.92. The van der Waals surface area contributed by atoms with E-state index < -0.39 is 6.10 Å². The van der Waals surface area contributed by atoms with Gasteiger partial charge < -0.3 is 10.1 Å². The number of rotatable bonds is 6. The lowest BCUT2D eigenvalue weighted by Crippen LogP contribution is -2.32. The maximum absolute atomic E-state index is 12.7. The monoisotopic (exact) mass is 384 g/mol. The number of carbonyl (C=O) groups is 1. The number of nitrogens with zero attached hydrogens (tertiary/aromatic N) is 1. The molecule has 0 saturated carbocycles. The Labute approximate surface area is 162 Å². The van der Waals surface area contributed by atoms with E-state index in [9.17, 15) is 9.59 Å². The molecule has 3 aromatic rings. The molecule has 2 aromatic carbocycles. The lowest BCUT2D eigenvalue weighted by atomic mass is 10.1. The molecule has 0 aliphatic heterocycles. The molecule has 0 fully saturated rings. The molecule has 1 unspecified atom stereocenters. The Kier molecular flexibility index (Phi) is 5.65. The first-order chi connectivity index (χ1) is 12.9. The minimum absolute atomic E-state index is 0.0144. The van der Waals surface area contributed by atoms with Crippen LogP contribution in [0.4, 0.5) is 5.69 Å². The average Bonchev–Trinajstić information content (AvgIpc) is 2.92. The molecule has 0 spiro atoms. The highest BCUT2D eigenvalue weighted by molar-refractivity contribution is 7.16. The molecule has 142 valence electrons. The minimum Gasteiger partial charge on any atom is -0.481 e. The van der Waals surface area contributed by atoms with E-state index in [1.54, 1.807) is 4.57 Å². The number of hydrogen-bond acceptors (Lipinski definition) is 4. The van der Waals surface area contributed by atoms with Gasteiger partial charge in [0.15, 0.2) is 6.10 Å². The first-order valence-electron chi connectivity index (χ1n) is 9.10. The van der Waals surface area contributed by atoms with Crippen molar-refractivity contribution in [1.82, 2.24) is 4.57 Å². The van der Waals surface area contributed by atoms with Crippen molar-refractivity contribution in [2.75, 3.05) is 5.32 Å². The topological polar surface area (TPSA) is 60.3 Å². The fraction of sp³-hybridized carbons (Fsp3) is 0.333. The zero-order chi connectivity index (χ0) is 19.6. The fourth-order valence-corrected chi connectivity index (χ4v) is 4.15. The van der Waals surface area contributed by atoms with Crippen LogP contribution in [-0.2, 0) is 11.3 Å². The minimum atomic E-state index is -0.583. The maximum atomic E-state index is 12.7. The van der Waals surface area contributed by atoms with E-state index in [2.05, 4.69) is 11.4 Å². The van der Waals surface area contributed by atoms with Crippen LogP contribution in [0.2, 0.25) is 0 Å². The standard InChI is InChI=1S/C21H24N2O3S/c1-5-18(26-16-10-13(3)9-14(4)11-16)20(24)22-15-7-8-17-19(12-15)27-21(25)23(17)6-2/h7-12,18H,5-6H2,1-4H3,(H,22,24). The van der Waals surface area contributed by atoms with E-state index in [1.807, 2.05) is 58.0 Å². The molecule has 0 radical (unpaired) electrons. The van der Waals surface area contributed by atoms with Crippen LogP contribution < -0.4 is 14.9 Å². The Morgan fingerprint density at radius 3 is 2.48 bits per heavy atom. The predicted octanol–water partition coefficient (Wildman–Crippen LogP) is 4.50. The van der Waals surface area contributed by atoms with Crippen molar-refractivity contribution in [3.05, 3.63) is 57.2 Å². The van der Waals surface area contributed by atoms with Gasteiger partial charge in [-0.2, -0.15) is 0 Å². The Bertz CT molecular complexity index is 1020. The van der Waals surface area contributed by atoms with Crippen LogP contribution in [0.25, 0.3) is 10.2 Å². The van der Waals surface area contributed by atoms with Gasteiger partial charge in [0.25, 0.3) is 5.91 Å². The molecule has 6 heteroatoms. The summed E-state index contributed by atoms with van der Waals surface area (Å²) in [6.45, 7) is 8.50. The number of fused-ring (bicyclic) bond motifs is 1. The molecular formula is C21H24N2O3S. The second-order valence-corrected chi connectivity index (χ2v) is 7.62. The molecular weight excluding hydrogens is 360 g/mol. The normalized spacial score (nSPS) is 12.1. The van der Waals surface area contributed by atoms with Gasteiger partial charge in [-0.25, -0.2) is 0 Å². The number of amides is 1. The van der Waals surface area contributed by atoms with E-state index in [4.69, 9.17) is 4.74 Å². The predicted molar refractivity (Wildman–Crippen MR) is 111 cm³/mol. The quantitative estimate of drug-likeness (QED) is 0.681. The SMILES string of the molecule is CCC(Oc1cc(C)cc(C)c1)C(=O)Nc1ccc2c(c1)sc(=O)n2CC. The number of aromatic nitrogens is 1. The largest absolute Gasteiger partial charge is 0.481 e. The smallest absolute Gasteiger partial charge is 0.308 e. The zero-order valence-electron chi connectivity index (χ0n) is 16.0. The highest BCUT2D eigenvalue weighted by atomic mass is 32.1. The molecule has 5 nitrogen and oxygen atoms in total. The second kappa shape index (κ2) is 7.96. The molecule has 3 rings (SSSR count). The Morgan fingerprint density at radius 1 is 1.15 bits per heavy atom. The molecule has 27 heavy (non-hydrogen) atoms. The number of nitrogens with one attached hydrogen (secondary N) is 1. The summed E-state index contributed by atoms with van der Waals surface area (Å²) in [7, 11) is 0. The van der Waals surface area contributed by atoms with Crippen molar-refractivity contribution < 1.29 is 9.53 Å². The van der Waals surface area contributed by atoms with Gasteiger partial charge in [-0.3, -0.25) is 14.2 Å². The summed E-state index contributed by atoms with van der Waals surface area (Å²) in [6, 6.07) is 11.5. The molecule has 0 aliphatic carbocycles. The molecule has 0 saturated heterocycles. The Balaban J connectivity index is 1.78. The zero-order valence-corrected chi connectivity index (χ0v) is 16.9. The highest BCUT2D eigenvalue weighted by Crippen LogP contribution is 2.23. The van der Waals surface area contributed by atoms with Gasteiger partial charge in [0.2, 0.25) is 0 Å². The summed E-state index contributed by atoms with van der Waals surface area (Å²) >= 11 is 1.19. The molecule has 0 bridgehead atoms. The lowest BCUT2D eigenvalue weighted by Gasteiger charge is -2.18. The van der Waals surface area contributed by atoms with Crippen LogP contribution >= 0.6 is 11.3 Å². The third-order valence-corrected chi connectivity index (χ3v) is 5.33. The summed E-state index contributed by atoms with van der Waals surface area (Å²) in [5, 5.41) is 2.91. The number of hydrogen-bond donors (Lipinski definition) is 1. The van der Waals surface area contributed by atoms with Crippen molar-refractivity contribution in [3.8, 4) is 5.75 Å². The van der Waals surface area contributed by atoms with Crippen LogP contribution in [-0.4, -0.2) is 16.6 Å². The van der Waals surface area contributed by atoms with Gasteiger partial charge in [-0.15, -0.1) is 0 Å². The number of benzene rings is 2. The summed E-state index contributed by atoms with van der Waals surface area (Å²) in [5.41, 5.74) is 3.76. The van der Waals surface area contributed by atoms with Gasteiger partial charge in [0, 0.05) is 12.2 Å². The number of carbonyl (C=O) groups excluding carboxylic acids is 1. The summed E-state index contributed by atoms with van der Waals surface area (Å²) < 4.78 is 8.51. The molecule has 1 aromatic heterocycles. The van der Waals surface area contributed by atoms with Gasteiger partial charge in [0.05, 0.1) is 10.2 Å². The Hall–Kier alpha value is -2.60. The van der Waals surface area contributed by atoms with Gasteiger partial charge in [-0.05, 0) is 68.7 Å². The lowest BCUT2D eigenvalue weighted by molar-refractivity contribution is -0.122. The van der Waals surface area contributed by atoms with Crippen LogP contribution in [0.3, 0.4) is 0 Å². The van der Waals surface area contributed by atoms with Crippen molar-refractivity contribution in [2.45, 2.75) is 46.8 Å². The number of ether oxygens (including phenoxy) is 1. The third-order valence-electron chi connectivity index (χ3n) is 4.39. The van der Waals surface area contributed by atoms with E-state index in [0.717, 1.165) is 21.3 Å². The van der Waals surface area contributed by atoms with E-state index in [0.29, 0.717) is 24.4 Å². The molecule has 1 amide bonds. The molecule has 1 atom stereocenters. The van der Waals surface area contributed by atoms with Crippen molar-refractivity contribution in [3.63, 3.8) is 0 Å². The van der Waals surface area contributed by atoms with Crippen LogP contribution in [0.1, 0.15) is 31.4 Å². The first kappa shape index (κ1) is 19.2. The van der Waals surface area contributed by atoms with E-state index >= 15 is 0 Å². The third kappa shape index (κ3) is 4.22. The molecule has 1 heterocycles. The molecule has 0 aliphatic rings. The summed E-state index contributed by atoms with van der Waals surface area (Å²) in [4.78, 5) is 24.7. The van der Waals surface area contributed by atoms with Crippen LogP contribution in [0.5, 0.6) is 5.75 Å². The second-order valence-electron chi connectivity index (χ2n) is 6.62. The summed E-state index contributed by atoms with van der Waals surface area (Å²) in [5.74, 6) is 0.501. The average molecular weight is 385 g/mol. The van der Waals surface area contributed by atoms with Gasteiger partial charge >= 0.3 is 4.87 Å². The van der Waals surface area contributed by atoms with Gasteiger partial charge in [-0.1, -0.05) is 24.3 Å². The van der Waals surface area contributed by atoms with Crippen LogP contribution in [0.15, 0.2) is 41.2 Å². The molecule has 1 N–H and O–H groups in total. The number of thiazole rings is 1. The van der Waals surface area contributed by atoms with Crippen molar-refractivity contribution >= 4 is 33.1 Å². The number of anilines is 1. The number of aryl methyl sites for hydroxylation is 3. The Morgan fingerprint density at radius 2 is 1.85 bits per heavy atom. The summed E-state index contributed by atoms with van der Waals surface area (Å²) in [6.07, 6.45) is -0.0264. The highest BCUT2D eigenvalue weighted by Gasteiger charge is 2.19.